The average Bonchev–Trinajstić information content (AvgIpc) is 2.61. The highest BCUT2D eigenvalue weighted by atomic mass is 16.6. The van der Waals surface area contributed by atoms with Crippen LogP contribution in [0.25, 0.3) is 0 Å². The van der Waals surface area contributed by atoms with E-state index in [-0.39, 0.29) is 17.1 Å². The molecule has 0 saturated carbocycles. The average molecular weight is 360 g/mol. The van der Waals surface area contributed by atoms with Gasteiger partial charge in [0, 0.05) is 11.8 Å². The van der Waals surface area contributed by atoms with Crippen molar-refractivity contribution in [3.05, 3.63) is 50.6 Å². The second-order valence-electron chi connectivity index (χ2n) is 6.32. The third-order valence-corrected chi connectivity index (χ3v) is 4.31. The van der Waals surface area contributed by atoms with Gasteiger partial charge >= 0.3 is 5.69 Å². The summed E-state index contributed by atoms with van der Waals surface area (Å²) in [5, 5.41) is 26.4. The molecular formula is C18H24N4O4. The van der Waals surface area contributed by atoms with Crippen molar-refractivity contribution in [2.75, 3.05) is 5.43 Å². The molecule has 0 aromatic heterocycles. The molecule has 0 bridgehead atoms. The van der Waals surface area contributed by atoms with E-state index >= 15 is 0 Å². The number of nitrogens with zero attached hydrogens (tertiary/aromatic N) is 3. The summed E-state index contributed by atoms with van der Waals surface area (Å²) in [6.07, 6.45) is 13.8. The standard InChI is InChI=1S/C18H24N4O4/c23-21(24)16-12-13-17(18(14-16)22(25)26)20-19-15-10-8-6-4-2-1-3-5-7-9-11-15/h2,4,12-14,20H,1,3,5-11H2/b4-2-,19-15+. The number of anilines is 1. The fraction of sp³-hybridized carbons (Fsp3) is 0.500. The number of hydrazone groups is 1. The Bertz CT molecular complexity index is 700. The highest BCUT2D eigenvalue weighted by Crippen LogP contribution is 2.29. The highest BCUT2D eigenvalue weighted by Gasteiger charge is 2.19. The first kappa shape index (κ1) is 19.6. The second-order valence-corrected chi connectivity index (χ2v) is 6.32. The number of hydrogen-bond donors (Lipinski definition) is 1. The molecule has 1 aliphatic rings. The molecule has 26 heavy (non-hydrogen) atoms. The molecule has 0 aliphatic heterocycles. The maximum absolute atomic E-state index is 11.2. The van der Waals surface area contributed by atoms with Crippen LogP contribution in [-0.2, 0) is 0 Å². The van der Waals surface area contributed by atoms with Crippen LogP contribution >= 0.6 is 0 Å². The van der Waals surface area contributed by atoms with Gasteiger partial charge in [0.2, 0.25) is 0 Å². The van der Waals surface area contributed by atoms with Crippen LogP contribution in [-0.4, -0.2) is 15.6 Å². The molecule has 2 rings (SSSR count). The predicted molar refractivity (Wildman–Crippen MR) is 102 cm³/mol. The lowest BCUT2D eigenvalue weighted by atomic mass is 10.0. The molecule has 0 radical (unpaired) electrons. The van der Waals surface area contributed by atoms with Gasteiger partial charge in [-0.1, -0.05) is 25.0 Å². The Labute approximate surface area is 152 Å². The molecular weight excluding hydrogens is 336 g/mol. The van der Waals surface area contributed by atoms with Gasteiger partial charge in [-0.2, -0.15) is 5.10 Å². The van der Waals surface area contributed by atoms with E-state index in [4.69, 9.17) is 0 Å². The van der Waals surface area contributed by atoms with Gasteiger partial charge < -0.3 is 0 Å². The Balaban J connectivity index is 2.11. The van der Waals surface area contributed by atoms with Crippen molar-refractivity contribution in [1.29, 1.82) is 0 Å². The largest absolute Gasteiger partial charge is 0.301 e. The number of nitrogens with one attached hydrogen (secondary N) is 1. The maximum Gasteiger partial charge on any atom is 0.301 e. The highest BCUT2D eigenvalue weighted by molar-refractivity contribution is 5.85. The van der Waals surface area contributed by atoms with E-state index in [1.165, 1.54) is 25.0 Å². The Morgan fingerprint density at radius 3 is 2.31 bits per heavy atom. The first-order valence-electron chi connectivity index (χ1n) is 8.97. The minimum Gasteiger partial charge on any atom is -0.272 e. The third kappa shape index (κ3) is 6.27. The smallest absolute Gasteiger partial charge is 0.272 e. The molecule has 140 valence electrons. The second kappa shape index (κ2) is 10.3. The molecule has 0 saturated heterocycles. The van der Waals surface area contributed by atoms with Crippen molar-refractivity contribution in [2.45, 2.75) is 57.8 Å². The van der Waals surface area contributed by atoms with E-state index in [1.54, 1.807) is 0 Å². The van der Waals surface area contributed by atoms with Gasteiger partial charge in [0.05, 0.1) is 15.9 Å². The predicted octanol–water partition coefficient (Wildman–Crippen LogP) is 5.35. The van der Waals surface area contributed by atoms with Crippen molar-refractivity contribution >= 4 is 22.8 Å². The summed E-state index contributed by atoms with van der Waals surface area (Å²) in [7, 11) is 0. The van der Waals surface area contributed by atoms with Gasteiger partial charge in [0.25, 0.3) is 5.69 Å². The van der Waals surface area contributed by atoms with Crippen molar-refractivity contribution in [3.63, 3.8) is 0 Å². The van der Waals surface area contributed by atoms with Crippen molar-refractivity contribution < 1.29 is 9.85 Å². The van der Waals surface area contributed by atoms with E-state index in [1.807, 2.05) is 0 Å². The van der Waals surface area contributed by atoms with E-state index < -0.39 is 9.85 Å². The Morgan fingerprint density at radius 1 is 0.885 bits per heavy atom. The van der Waals surface area contributed by atoms with Crippen LogP contribution in [0.4, 0.5) is 17.1 Å². The van der Waals surface area contributed by atoms with Crippen LogP contribution in [0.1, 0.15) is 57.8 Å². The minimum absolute atomic E-state index is 0.166. The van der Waals surface area contributed by atoms with E-state index in [9.17, 15) is 20.2 Å². The minimum atomic E-state index is -0.650. The first-order chi connectivity index (χ1) is 12.6. The summed E-state index contributed by atoms with van der Waals surface area (Å²) in [6, 6.07) is 3.52. The lowest BCUT2D eigenvalue weighted by molar-refractivity contribution is -0.393. The molecule has 0 unspecified atom stereocenters. The van der Waals surface area contributed by atoms with Gasteiger partial charge in [0.1, 0.15) is 5.69 Å². The Kier molecular flexibility index (Phi) is 7.73. The molecule has 0 spiro atoms. The first-order valence-corrected chi connectivity index (χ1v) is 8.97. The summed E-state index contributed by atoms with van der Waals surface area (Å²) in [5.41, 5.74) is 3.23. The summed E-state index contributed by atoms with van der Waals surface area (Å²) in [5.74, 6) is 0. The SMILES string of the molecule is O=[N+]([O-])c1ccc(N/N=C2\CCC/C=C\CCCCCC2)c([N+](=O)[O-])c1. The molecule has 1 aliphatic carbocycles. The number of nitro groups is 2. The lowest BCUT2D eigenvalue weighted by Crippen LogP contribution is -2.05. The summed E-state index contributed by atoms with van der Waals surface area (Å²) in [6.45, 7) is 0. The number of non-ortho nitro benzene ring substituents is 1. The van der Waals surface area contributed by atoms with Gasteiger partial charge in [0.15, 0.2) is 0 Å². The van der Waals surface area contributed by atoms with Crippen LogP contribution in [0, 0.1) is 20.2 Å². The number of hydrogen-bond acceptors (Lipinski definition) is 6. The van der Waals surface area contributed by atoms with Crippen molar-refractivity contribution in [1.82, 2.24) is 0 Å². The van der Waals surface area contributed by atoms with Crippen LogP contribution in [0.3, 0.4) is 0 Å². The molecule has 0 fully saturated rings. The van der Waals surface area contributed by atoms with Crippen LogP contribution in [0.5, 0.6) is 0 Å². The van der Waals surface area contributed by atoms with Crippen LogP contribution in [0.15, 0.2) is 35.5 Å². The van der Waals surface area contributed by atoms with Crippen LogP contribution in [0.2, 0.25) is 0 Å². The molecule has 0 amide bonds. The fourth-order valence-electron chi connectivity index (χ4n) is 2.86. The lowest BCUT2D eigenvalue weighted by Gasteiger charge is -2.09. The number of allylic oxidation sites excluding steroid dienone is 2. The number of nitro benzene ring substituents is 2. The number of benzene rings is 1. The monoisotopic (exact) mass is 360 g/mol. The fourth-order valence-corrected chi connectivity index (χ4v) is 2.86. The molecule has 1 aromatic rings. The Morgan fingerprint density at radius 2 is 1.58 bits per heavy atom. The molecule has 8 heteroatoms. The zero-order valence-electron chi connectivity index (χ0n) is 14.7. The van der Waals surface area contributed by atoms with E-state index in [2.05, 4.69) is 22.7 Å². The topological polar surface area (TPSA) is 111 Å². The van der Waals surface area contributed by atoms with Gasteiger partial charge in [-0.15, -0.1) is 0 Å². The quantitative estimate of drug-likeness (QED) is 0.442. The van der Waals surface area contributed by atoms with E-state index in [0.29, 0.717) is 0 Å². The van der Waals surface area contributed by atoms with Crippen molar-refractivity contribution in [2.24, 2.45) is 5.10 Å². The molecule has 1 aromatic carbocycles. The summed E-state index contributed by atoms with van der Waals surface area (Å²) < 4.78 is 0. The normalized spacial score (nSPS) is 19.2. The Hall–Kier alpha value is -2.77. The molecule has 8 nitrogen and oxygen atoms in total. The molecule has 1 N–H and O–H groups in total. The maximum atomic E-state index is 11.2. The van der Waals surface area contributed by atoms with Gasteiger partial charge in [-0.05, 0) is 51.0 Å². The van der Waals surface area contributed by atoms with E-state index in [0.717, 1.165) is 56.7 Å². The summed E-state index contributed by atoms with van der Waals surface area (Å²) in [4.78, 5) is 20.7. The van der Waals surface area contributed by atoms with Gasteiger partial charge in [-0.25, -0.2) is 0 Å². The zero-order chi connectivity index (χ0) is 18.8. The van der Waals surface area contributed by atoms with Crippen LogP contribution < -0.4 is 5.43 Å². The van der Waals surface area contributed by atoms with Gasteiger partial charge in [-0.3, -0.25) is 25.7 Å². The number of rotatable bonds is 4. The molecule has 0 heterocycles. The third-order valence-electron chi connectivity index (χ3n) is 4.31. The summed E-state index contributed by atoms with van der Waals surface area (Å²) >= 11 is 0. The zero-order valence-corrected chi connectivity index (χ0v) is 14.7. The van der Waals surface area contributed by atoms with Crippen molar-refractivity contribution in [3.8, 4) is 0 Å². The molecule has 0 atom stereocenters.